The number of anilines is 2. The van der Waals surface area contributed by atoms with E-state index in [0.29, 0.717) is 52.0 Å². The van der Waals surface area contributed by atoms with Crippen LogP contribution in [0.15, 0.2) is 22.9 Å². The number of nitrogens with one attached hydrogen (secondary N) is 4. The van der Waals surface area contributed by atoms with Crippen LogP contribution in [0.25, 0.3) is 11.6 Å². The summed E-state index contributed by atoms with van der Waals surface area (Å²) in [5, 5.41) is 18.4. The monoisotopic (exact) mass is 539 g/mol. The molecule has 3 aliphatic carbocycles. The number of aromatic nitrogens is 3. The Balaban J connectivity index is 1.15. The van der Waals surface area contributed by atoms with Crippen LogP contribution in [0.3, 0.4) is 0 Å². The van der Waals surface area contributed by atoms with E-state index in [9.17, 15) is 9.59 Å². The van der Waals surface area contributed by atoms with E-state index in [0.717, 1.165) is 31.2 Å². The van der Waals surface area contributed by atoms with Gasteiger partial charge in [-0.2, -0.15) is 5.10 Å². The maximum absolute atomic E-state index is 13.3. The standard InChI is InChI=1S/C25H29N7O3S2/c1-32-19(11-17(31-32)23-26-8-9-35-23)29-25(36)28-15-6-7-18-16(10-15)20(22(34)27-12-13-2-3-13)24(37-18)30-21(33)14-4-5-14/h8-9,11,13-15H,2-7,10,12H2,1H3,(H,27,34)(H,30,33)(H2,28,29,36)/t15-/m0/s1. The minimum atomic E-state index is -0.0919. The highest BCUT2D eigenvalue weighted by molar-refractivity contribution is 7.80. The number of thiocarbonyl (C=S) groups is 1. The summed E-state index contributed by atoms with van der Waals surface area (Å²) < 4.78 is 7.02. The molecule has 12 heteroatoms. The Morgan fingerprint density at radius 1 is 1.22 bits per heavy atom. The number of thiophene rings is 1. The molecule has 0 spiro atoms. The molecule has 37 heavy (non-hydrogen) atoms. The first-order valence-electron chi connectivity index (χ1n) is 12.7. The van der Waals surface area contributed by atoms with Gasteiger partial charge in [-0.25, -0.2) is 4.98 Å². The summed E-state index contributed by atoms with van der Waals surface area (Å²) in [4.78, 5) is 31.1. The molecule has 0 aromatic carbocycles. The summed E-state index contributed by atoms with van der Waals surface area (Å²) in [6, 6.07) is 1.89. The van der Waals surface area contributed by atoms with Gasteiger partial charge in [-0.1, -0.05) is 0 Å². The molecule has 194 valence electrons. The van der Waals surface area contributed by atoms with E-state index in [2.05, 4.69) is 31.3 Å². The van der Waals surface area contributed by atoms with Crippen LogP contribution >= 0.6 is 23.6 Å². The van der Waals surface area contributed by atoms with Gasteiger partial charge in [0.1, 0.15) is 22.8 Å². The number of oxazole rings is 1. The molecule has 3 heterocycles. The van der Waals surface area contributed by atoms with E-state index >= 15 is 0 Å². The smallest absolute Gasteiger partial charge is 0.254 e. The molecule has 1 atom stereocenters. The quantitative estimate of drug-likeness (QED) is 0.321. The zero-order valence-electron chi connectivity index (χ0n) is 20.5. The second-order valence-corrected chi connectivity index (χ2v) is 11.6. The molecule has 2 fully saturated rings. The first-order valence-corrected chi connectivity index (χ1v) is 13.9. The summed E-state index contributed by atoms with van der Waals surface area (Å²) in [6.45, 7) is 0.690. The largest absolute Gasteiger partial charge is 0.443 e. The van der Waals surface area contributed by atoms with Crippen molar-refractivity contribution in [1.82, 2.24) is 25.4 Å². The zero-order chi connectivity index (χ0) is 25.5. The summed E-state index contributed by atoms with van der Waals surface area (Å²) in [6.07, 6.45) is 9.62. The molecule has 2 saturated carbocycles. The Bertz CT molecular complexity index is 1340. The van der Waals surface area contributed by atoms with Crippen molar-refractivity contribution < 1.29 is 14.0 Å². The van der Waals surface area contributed by atoms with Crippen molar-refractivity contribution in [2.45, 2.75) is 51.0 Å². The van der Waals surface area contributed by atoms with Crippen molar-refractivity contribution in [3.63, 3.8) is 0 Å². The summed E-state index contributed by atoms with van der Waals surface area (Å²) in [7, 11) is 1.82. The highest BCUT2D eigenvalue weighted by Crippen LogP contribution is 2.40. The fourth-order valence-electron chi connectivity index (χ4n) is 4.62. The van der Waals surface area contributed by atoms with E-state index in [4.69, 9.17) is 16.6 Å². The van der Waals surface area contributed by atoms with E-state index in [1.807, 2.05) is 13.1 Å². The van der Waals surface area contributed by atoms with Crippen LogP contribution in [0.5, 0.6) is 0 Å². The SMILES string of the molecule is Cn1nc(-c2ncco2)cc1NC(=S)N[C@H]1CCc2sc(NC(=O)C3CC3)c(C(=O)NCC3CC3)c2C1. The average Bonchev–Trinajstić information content (AvgIpc) is 3.77. The third-order valence-corrected chi connectivity index (χ3v) is 8.46. The fraction of sp³-hybridized carbons (Fsp3) is 0.480. The summed E-state index contributed by atoms with van der Waals surface area (Å²) in [5.41, 5.74) is 2.26. The van der Waals surface area contributed by atoms with E-state index < -0.39 is 0 Å². The molecule has 0 aliphatic heterocycles. The molecule has 0 radical (unpaired) electrons. The number of carbonyl (C=O) groups excluding carboxylic acids is 2. The van der Waals surface area contributed by atoms with Crippen molar-refractivity contribution in [2.24, 2.45) is 18.9 Å². The van der Waals surface area contributed by atoms with Gasteiger partial charge in [0.25, 0.3) is 5.91 Å². The number of rotatable bonds is 8. The van der Waals surface area contributed by atoms with Gasteiger partial charge in [-0.05, 0) is 68.6 Å². The molecule has 3 aromatic heterocycles. The minimum Gasteiger partial charge on any atom is -0.443 e. The molecule has 6 rings (SSSR count). The maximum Gasteiger partial charge on any atom is 0.254 e. The van der Waals surface area contributed by atoms with E-state index in [1.54, 1.807) is 22.2 Å². The first kappa shape index (κ1) is 24.1. The molecule has 3 aliphatic rings. The minimum absolute atomic E-state index is 0.0233. The lowest BCUT2D eigenvalue weighted by Crippen LogP contribution is -2.41. The van der Waals surface area contributed by atoms with Gasteiger partial charge >= 0.3 is 0 Å². The predicted octanol–water partition coefficient (Wildman–Crippen LogP) is 3.47. The summed E-state index contributed by atoms with van der Waals surface area (Å²) in [5.74, 6) is 1.74. The third-order valence-electron chi connectivity index (χ3n) is 7.03. The van der Waals surface area contributed by atoms with Gasteiger partial charge in [0.05, 0.1) is 11.8 Å². The summed E-state index contributed by atoms with van der Waals surface area (Å²) >= 11 is 7.15. The molecule has 0 saturated heterocycles. The predicted molar refractivity (Wildman–Crippen MR) is 145 cm³/mol. The van der Waals surface area contributed by atoms with Gasteiger partial charge in [-0.3, -0.25) is 14.3 Å². The highest BCUT2D eigenvalue weighted by Gasteiger charge is 2.34. The van der Waals surface area contributed by atoms with Crippen LogP contribution in [0.1, 0.15) is 52.9 Å². The lowest BCUT2D eigenvalue weighted by atomic mass is 9.91. The van der Waals surface area contributed by atoms with Crippen molar-refractivity contribution in [2.75, 3.05) is 17.2 Å². The molecular formula is C25H29N7O3S2. The maximum atomic E-state index is 13.3. The average molecular weight is 540 g/mol. The lowest BCUT2D eigenvalue weighted by Gasteiger charge is -2.25. The molecule has 0 bridgehead atoms. The van der Waals surface area contributed by atoms with E-state index in [-0.39, 0.29) is 23.8 Å². The number of hydrogen-bond acceptors (Lipinski definition) is 7. The number of aryl methyl sites for hydroxylation is 2. The van der Waals surface area contributed by atoms with Crippen LogP contribution in [0, 0.1) is 11.8 Å². The Morgan fingerprint density at radius 3 is 2.78 bits per heavy atom. The second-order valence-electron chi connectivity index (χ2n) is 10.0. The Hall–Kier alpha value is -3.25. The second kappa shape index (κ2) is 9.90. The Labute approximate surface area is 223 Å². The Morgan fingerprint density at radius 2 is 2.05 bits per heavy atom. The van der Waals surface area contributed by atoms with Gasteiger partial charge in [0.15, 0.2) is 5.11 Å². The van der Waals surface area contributed by atoms with Crippen molar-refractivity contribution in [3.05, 3.63) is 34.5 Å². The van der Waals surface area contributed by atoms with Gasteiger partial charge in [0.2, 0.25) is 11.8 Å². The number of carbonyl (C=O) groups is 2. The topological polar surface area (TPSA) is 126 Å². The molecule has 0 unspecified atom stereocenters. The molecular weight excluding hydrogens is 510 g/mol. The van der Waals surface area contributed by atoms with Crippen molar-refractivity contribution >= 4 is 51.3 Å². The van der Waals surface area contributed by atoms with Crippen LogP contribution < -0.4 is 21.3 Å². The van der Waals surface area contributed by atoms with Gasteiger partial charge in [-0.15, -0.1) is 11.3 Å². The number of amides is 2. The molecule has 10 nitrogen and oxygen atoms in total. The normalized spacial score (nSPS) is 18.7. The first-order chi connectivity index (χ1) is 17.9. The van der Waals surface area contributed by atoms with Gasteiger partial charge in [0, 0.05) is 36.5 Å². The van der Waals surface area contributed by atoms with Crippen LogP contribution in [-0.4, -0.2) is 44.3 Å². The van der Waals surface area contributed by atoms with Crippen LogP contribution in [0.4, 0.5) is 10.8 Å². The van der Waals surface area contributed by atoms with E-state index in [1.165, 1.54) is 24.0 Å². The number of hydrogen-bond donors (Lipinski definition) is 4. The molecule has 2 amide bonds. The van der Waals surface area contributed by atoms with Crippen LogP contribution in [0.2, 0.25) is 0 Å². The molecule has 3 aromatic rings. The Kier molecular flexibility index (Phi) is 6.45. The molecule has 4 N–H and O–H groups in total. The van der Waals surface area contributed by atoms with Crippen LogP contribution in [-0.2, 0) is 24.7 Å². The van der Waals surface area contributed by atoms with Crippen molar-refractivity contribution in [3.8, 4) is 11.6 Å². The van der Waals surface area contributed by atoms with Gasteiger partial charge < -0.3 is 25.7 Å². The number of nitrogens with zero attached hydrogens (tertiary/aromatic N) is 3. The fourth-order valence-corrected chi connectivity index (χ4v) is 6.13. The zero-order valence-corrected chi connectivity index (χ0v) is 22.1. The van der Waals surface area contributed by atoms with Crippen molar-refractivity contribution in [1.29, 1.82) is 0 Å². The number of fused-ring (bicyclic) bond motifs is 1. The third kappa shape index (κ3) is 5.40. The lowest BCUT2D eigenvalue weighted by molar-refractivity contribution is -0.117. The highest BCUT2D eigenvalue weighted by atomic mass is 32.1.